The summed E-state index contributed by atoms with van der Waals surface area (Å²) in [5.41, 5.74) is 4.48. The van der Waals surface area contributed by atoms with Crippen molar-refractivity contribution in [3.63, 3.8) is 0 Å². The highest BCUT2D eigenvalue weighted by Gasteiger charge is 2.06. The van der Waals surface area contributed by atoms with Gasteiger partial charge in [0.1, 0.15) is 0 Å². The Kier molecular flexibility index (Phi) is 4.80. The van der Waals surface area contributed by atoms with Crippen molar-refractivity contribution in [1.82, 2.24) is 0 Å². The van der Waals surface area contributed by atoms with E-state index in [9.17, 15) is 4.79 Å². The molecule has 0 aliphatic carbocycles. The largest absolute Gasteiger partial charge is 0.282 e. The fraction of sp³-hybridized carbons (Fsp3) is 0.235. The molecule has 0 aromatic heterocycles. The average Bonchev–Trinajstić information content (AvgIpc) is 2.39. The Morgan fingerprint density at radius 1 is 1.05 bits per heavy atom. The van der Waals surface area contributed by atoms with Gasteiger partial charge in [-0.15, -0.1) is 12.6 Å². The van der Waals surface area contributed by atoms with Crippen LogP contribution < -0.4 is 0 Å². The van der Waals surface area contributed by atoms with E-state index in [0.717, 1.165) is 30.4 Å². The highest BCUT2D eigenvalue weighted by Crippen LogP contribution is 2.15. The van der Waals surface area contributed by atoms with Crippen molar-refractivity contribution in [3.05, 3.63) is 70.8 Å². The maximum atomic E-state index is 11.4. The zero-order valence-corrected chi connectivity index (χ0v) is 12.0. The molecule has 0 saturated carbocycles. The van der Waals surface area contributed by atoms with Gasteiger partial charge >= 0.3 is 0 Å². The number of benzene rings is 2. The Morgan fingerprint density at radius 2 is 1.84 bits per heavy atom. The number of rotatable bonds is 5. The summed E-state index contributed by atoms with van der Waals surface area (Å²) in [6, 6.07) is 16.3. The van der Waals surface area contributed by atoms with E-state index in [1.807, 2.05) is 24.3 Å². The molecule has 1 nitrogen and oxygen atoms in total. The van der Waals surface area contributed by atoms with Crippen molar-refractivity contribution in [1.29, 1.82) is 0 Å². The molecular weight excluding hydrogens is 252 g/mol. The molecule has 0 spiro atoms. The van der Waals surface area contributed by atoms with Crippen molar-refractivity contribution in [2.75, 3.05) is 0 Å². The molecule has 2 heteroatoms. The van der Waals surface area contributed by atoms with Crippen molar-refractivity contribution in [2.24, 2.45) is 0 Å². The molecule has 0 atom stereocenters. The summed E-state index contributed by atoms with van der Waals surface area (Å²) < 4.78 is 0. The molecule has 0 heterocycles. The van der Waals surface area contributed by atoms with Gasteiger partial charge in [-0.25, -0.2) is 0 Å². The topological polar surface area (TPSA) is 17.1 Å². The van der Waals surface area contributed by atoms with Gasteiger partial charge in [0.05, 0.1) is 0 Å². The lowest BCUT2D eigenvalue weighted by Crippen LogP contribution is -1.98. The molecule has 0 aliphatic heterocycles. The normalized spacial score (nSPS) is 10.4. The Labute approximate surface area is 120 Å². The number of aryl methyl sites for hydroxylation is 3. The van der Waals surface area contributed by atoms with E-state index in [1.54, 1.807) is 0 Å². The second-order valence-corrected chi connectivity index (χ2v) is 5.21. The summed E-state index contributed by atoms with van der Waals surface area (Å²) in [6.07, 6.45) is 2.99. The first-order valence-electron chi connectivity index (χ1n) is 6.53. The zero-order chi connectivity index (χ0) is 13.7. The summed E-state index contributed by atoms with van der Waals surface area (Å²) in [5, 5.41) is -0.147. The minimum Gasteiger partial charge on any atom is -0.282 e. The van der Waals surface area contributed by atoms with E-state index >= 15 is 0 Å². The van der Waals surface area contributed by atoms with Crippen LogP contribution in [0.25, 0.3) is 0 Å². The fourth-order valence-electron chi connectivity index (χ4n) is 2.30. The van der Waals surface area contributed by atoms with E-state index in [0.29, 0.717) is 0 Å². The van der Waals surface area contributed by atoms with Crippen LogP contribution in [0.1, 0.15) is 33.5 Å². The number of carbonyl (C=O) groups excluding carboxylic acids is 1. The monoisotopic (exact) mass is 270 g/mol. The molecule has 0 saturated heterocycles. The van der Waals surface area contributed by atoms with Crippen molar-refractivity contribution in [2.45, 2.75) is 26.2 Å². The molecule has 0 bridgehead atoms. The van der Waals surface area contributed by atoms with Gasteiger partial charge in [-0.3, -0.25) is 4.79 Å². The lowest BCUT2D eigenvalue weighted by atomic mass is 10.00. The van der Waals surface area contributed by atoms with Gasteiger partial charge in [-0.1, -0.05) is 54.1 Å². The first-order chi connectivity index (χ1) is 9.16. The fourth-order valence-corrected chi connectivity index (χ4v) is 2.52. The minimum absolute atomic E-state index is 0.147. The highest BCUT2D eigenvalue weighted by molar-refractivity contribution is 7.97. The third-order valence-electron chi connectivity index (χ3n) is 3.24. The predicted octanol–water partition coefficient (Wildman–Crippen LogP) is 4.24. The van der Waals surface area contributed by atoms with Crippen molar-refractivity contribution in [3.8, 4) is 0 Å². The standard InChI is InChI=1S/C17H18OS/c1-13-6-4-7-14(12-13)8-5-10-15-9-2-3-11-16(15)17(18)19/h2-4,6-7,9,11-12H,5,8,10H2,1H3,(H,18,19). The zero-order valence-electron chi connectivity index (χ0n) is 11.1. The molecule has 2 aromatic rings. The first-order valence-corrected chi connectivity index (χ1v) is 6.98. The summed E-state index contributed by atoms with van der Waals surface area (Å²) in [4.78, 5) is 11.4. The summed E-state index contributed by atoms with van der Waals surface area (Å²) in [7, 11) is 0. The van der Waals surface area contributed by atoms with Crippen LogP contribution in [0, 0.1) is 6.92 Å². The summed E-state index contributed by atoms with van der Waals surface area (Å²) >= 11 is 3.92. The van der Waals surface area contributed by atoms with E-state index < -0.39 is 0 Å². The molecule has 0 N–H and O–H groups in total. The Balaban J connectivity index is 1.98. The van der Waals surface area contributed by atoms with Crippen LogP contribution in [0.2, 0.25) is 0 Å². The molecule has 0 radical (unpaired) electrons. The number of thiol groups is 1. The van der Waals surface area contributed by atoms with E-state index in [-0.39, 0.29) is 5.12 Å². The van der Waals surface area contributed by atoms with Crippen LogP contribution in [0.5, 0.6) is 0 Å². The second kappa shape index (κ2) is 6.58. The maximum Gasteiger partial charge on any atom is 0.216 e. The molecule has 98 valence electrons. The molecule has 19 heavy (non-hydrogen) atoms. The van der Waals surface area contributed by atoms with Gasteiger partial charge in [0.25, 0.3) is 0 Å². The number of hydrogen-bond donors (Lipinski definition) is 1. The maximum absolute atomic E-state index is 11.4. The van der Waals surface area contributed by atoms with Gasteiger partial charge in [-0.05, 0) is 37.3 Å². The number of hydrogen-bond acceptors (Lipinski definition) is 1. The molecule has 0 fully saturated rings. The molecule has 0 unspecified atom stereocenters. The third kappa shape index (κ3) is 3.97. The smallest absolute Gasteiger partial charge is 0.216 e. The lowest BCUT2D eigenvalue weighted by molar-refractivity contribution is 0.109. The Hall–Kier alpha value is -1.54. The van der Waals surface area contributed by atoms with E-state index in [4.69, 9.17) is 0 Å². The summed E-state index contributed by atoms with van der Waals surface area (Å²) in [5.74, 6) is 0. The van der Waals surface area contributed by atoms with Crippen LogP contribution in [0.15, 0.2) is 48.5 Å². The Morgan fingerprint density at radius 3 is 2.58 bits per heavy atom. The van der Waals surface area contributed by atoms with Crippen LogP contribution in [-0.2, 0) is 12.8 Å². The van der Waals surface area contributed by atoms with E-state index in [1.165, 1.54) is 11.1 Å². The molecule has 0 amide bonds. The van der Waals surface area contributed by atoms with Gasteiger partial charge in [0, 0.05) is 5.56 Å². The quantitative estimate of drug-likeness (QED) is 0.804. The highest BCUT2D eigenvalue weighted by atomic mass is 32.1. The Bertz CT molecular complexity index is 575. The predicted molar refractivity (Wildman–Crippen MR) is 83.0 cm³/mol. The second-order valence-electron chi connectivity index (χ2n) is 4.80. The van der Waals surface area contributed by atoms with Gasteiger partial charge in [0.2, 0.25) is 5.12 Å². The van der Waals surface area contributed by atoms with Crippen LogP contribution in [-0.4, -0.2) is 5.12 Å². The first kappa shape index (κ1) is 13.9. The lowest BCUT2D eigenvalue weighted by Gasteiger charge is -2.07. The van der Waals surface area contributed by atoms with Crippen LogP contribution in [0.4, 0.5) is 0 Å². The molecule has 2 aromatic carbocycles. The molecule has 0 aliphatic rings. The minimum atomic E-state index is -0.147. The van der Waals surface area contributed by atoms with Crippen LogP contribution >= 0.6 is 12.6 Å². The van der Waals surface area contributed by atoms with Crippen molar-refractivity contribution >= 4 is 17.7 Å². The SMILES string of the molecule is Cc1cccc(CCCc2ccccc2C(=O)S)c1. The summed E-state index contributed by atoms with van der Waals surface area (Å²) in [6.45, 7) is 2.11. The third-order valence-corrected chi connectivity index (χ3v) is 3.48. The number of carbonyl (C=O) groups is 1. The van der Waals surface area contributed by atoms with Crippen molar-refractivity contribution < 1.29 is 4.79 Å². The molecule has 2 rings (SSSR count). The molecular formula is C17H18OS. The van der Waals surface area contributed by atoms with Crippen LogP contribution in [0.3, 0.4) is 0 Å². The average molecular weight is 270 g/mol. The van der Waals surface area contributed by atoms with Gasteiger partial charge in [-0.2, -0.15) is 0 Å². The van der Waals surface area contributed by atoms with Gasteiger partial charge < -0.3 is 0 Å². The van der Waals surface area contributed by atoms with Gasteiger partial charge in [0.15, 0.2) is 0 Å². The van der Waals surface area contributed by atoms with E-state index in [2.05, 4.69) is 43.8 Å².